The third-order valence-electron chi connectivity index (χ3n) is 5.49. The summed E-state index contributed by atoms with van der Waals surface area (Å²) < 4.78 is 0. The topological polar surface area (TPSA) is 66.4 Å². The van der Waals surface area contributed by atoms with Gasteiger partial charge in [-0.15, -0.1) is 0 Å². The maximum absolute atomic E-state index is 12.9. The molecule has 0 heterocycles. The largest absolute Gasteiger partial charge is 0.392 e. The van der Waals surface area contributed by atoms with Crippen molar-refractivity contribution >= 4 is 28.2 Å². The lowest BCUT2D eigenvalue weighted by atomic mass is 9.72. The SMILES string of the molecule is O=C(Nc1cccc2ccccc12)C12CCC(O)C(CC1)C2=O. The average molecular weight is 309 g/mol. The van der Waals surface area contributed by atoms with Crippen LogP contribution in [0, 0.1) is 11.3 Å². The van der Waals surface area contributed by atoms with Crippen LogP contribution in [0.1, 0.15) is 25.7 Å². The number of amides is 1. The molecule has 2 fully saturated rings. The fourth-order valence-corrected chi connectivity index (χ4v) is 4.14. The van der Waals surface area contributed by atoms with E-state index in [0.29, 0.717) is 25.7 Å². The number of aliphatic hydroxyl groups is 1. The lowest BCUT2D eigenvalue weighted by Gasteiger charge is -2.32. The fourth-order valence-electron chi connectivity index (χ4n) is 4.14. The van der Waals surface area contributed by atoms with Gasteiger partial charge < -0.3 is 10.4 Å². The predicted molar refractivity (Wildman–Crippen MR) is 88.0 cm³/mol. The Labute approximate surface area is 134 Å². The molecular weight excluding hydrogens is 290 g/mol. The number of aliphatic hydroxyl groups excluding tert-OH is 1. The summed E-state index contributed by atoms with van der Waals surface area (Å²) in [6, 6.07) is 13.6. The minimum absolute atomic E-state index is 0.0750. The first kappa shape index (κ1) is 14.4. The van der Waals surface area contributed by atoms with Crippen molar-refractivity contribution in [3.63, 3.8) is 0 Å². The molecule has 0 saturated heterocycles. The maximum atomic E-state index is 12.9. The van der Waals surface area contributed by atoms with Crippen molar-refractivity contribution in [2.45, 2.75) is 31.8 Å². The van der Waals surface area contributed by atoms with E-state index in [0.717, 1.165) is 16.5 Å². The molecule has 2 saturated carbocycles. The van der Waals surface area contributed by atoms with Crippen LogP contribution in [0.15, 0.2) is 42.5 Å². The quantitative estimate of drug-likeness (QED) is 0.838. The van der Waals surface area contributed by atoms with E-state index in [-0.39, 0.29) is 17.6 Å². The van der Waals surface area contributed by atoms with Gasteiger partial charge in [0.25, 0.3) is 0 Å². The van der Waals surface area contributed by atoms with Crippen molar-refractivity contribution in [1.82, 2.24) is 0 Å². The van der Waals surface area contributed by atoms with E-state index in [1.165, 1.54) is 0 Å². The van der Waals surface area contributed by atoms with Crippen LogP contribution in [0.2, 0.25) is 0 Å². The smallest absolute Gasteiger partial charge is 0.238 e. The van der Waals surface area contributed by atoms with Gasteiger partial charge in [-0.2, -0.15) is 0 Å². The van der Waals surface area contributed by atoms with Crippen molar-refractivity contribution in [1.29, 1.82) is 0 Å². The minimum atomic E-state index is -0.944. The molecule has 3 atom stereocenters. The van der Waals surface area contributed by atoms with Crippen molar-refractivity contribution in [2.24, 2.45) is 11.3 Å². The third kappa shape index (κ3) is 2.09. The molecule has 3 unspecified atom stereocenters. The number of anilines is 1. The molecule has 2 N–H and O–H groups in total. The maximum Gasteiger partial charge on any atom is 0.238 e. The highest BCUT2D eigenvalue weighted by Crippen LogP contribution is 2.49. The van der Waals surface area contributed by atoms with Crippen molar-refractivity contribution < 1.29 is 14.7 Å². The normalized spacial score (nSPS) is 29.7. The summed E-state index contributed by atoms with van der Waals surface area (Å²) in [7, 11) is 0. The van der Waals surface area contributed by atoms with E-state index in [9.17, 15) is 14.7 Å². The van der Waals surface area contributed by atoms with Gasteiger partial charge in [-0.3, -0.25) is 9.59 Å². The molecule has 118 valence electrons. The number of ketones is 1. The second-order valence-electron chi connectivity index (χ2n) is 6.68. The molecule has 1 amide bonds. The summed E-state index contributed by atoms with van der Waals surface area (Å²) in [6.45, 7) is 0. The Morgan fingerprint density at radius 1 is 1.09 bits per heavy atom. The lowest BCUT2D eigenvalue weighted by Crippen LogP contribution is -2.46. The van der Waals surface area contributed by atoms with Crippen molar-refractivity contribution in [2.75, 3.05) is 5.32 Å². The van der Waals surface area contributed by atoms with Crippen LogP contribution in [0.5, 0.6) is 0 Å². The molecule has 2 aromatic carbocycles. The summed E-state index contributed by atoms with van der Waals surface area (Å²) in [5.41, 5.74) is -0.203. The van der Waals surface area contributed by atoms with Crippen LogP contribution in [-0.2, 0) is 9.59 Å². The van der Waals surface area contributed by atoms with E-state index in [4.69, 9.17) is 0 Å². The van der Waals surface area contributed by atoms with Crippen LogP contribution in [0.25, 0.3) is 10.8 Å². The zero-order valence-electron chi connectivity index (χ0n) is 12.8. The van der Waals surface area contributed by atoms with Gasteiger partial charge in [-0.1, -0.05) is 36.4 Å². The standard InChI is InChI=1S/C19H19NO3/c21-16-9-11-19(10-8-14(16)17(19)22)18(23)20-15-7-3-5-12-4-1-2-6-13(12)15/h1-7,14,16,21H,8-11H2,(H,20,23). The Hall–Kier alpha value is -2.20. The summed E-state index contributed by atoms with van der Waals surface area (Å²) >= 11 is 0. The Bertz CT molecular complexity index is 795. The summed E-state index contributed by atoms with van der Waals surface area (Å²) in [5.74, 6) is -0.649. The number of Topliss-reactive ketones (excluding diaryl/α,β-unsaturated/α-hetero) is 1. The highest BCUT2D eigenvalue weighted by atomic mass is 16.3. The van der Waals surface area contributed by atoms with Crippen LogP contribution in [0.4, 0.5) is 5.69 Å². The van der Waals surface area contributed by atoms with Crippen LogP contribution in [-0.4, -0.2) is 22.9 Å². The second-order valence-corrected chi connectivity index (χ2v) is 6.68. The second kappa shape index (κ2) is 5.17. The predicted octanol–water partition coefficient (Wildman–Crippen LogP) is 2.90. The average Bonchev–Trinajstić information content (AvgIpc) is 2.79. The number of hydrogen-bond donors (Lipinski definition) is 2. The first-order chi connectivity index (χ1) is 11.1. The molecule has 4 heteroatoms. The molecular formula is C19H19NO3. The van der Waals surface area contributed by atoms with Gasteiger partial charge in [0, 0.05) is 17.0 Å². The van der Waals surface area contributed by atoms with Crippen molar-refractivity contribution in [3.8, 4) is 0 Å². The third-order valence-corrected chi connectivity index (χ3v) is 5.49. The number of benzene rings is 2. The summed E-state index contributed by atoms with van der Waals surface area (Å²) in [6.07, 6.45) is 1.55. The van der Waals surface area contributed by atoms with Gasteiger partial charge in [0.05, 0.1) is 6.10 Å². The Kier molecular flexibility index (Phi) is 3.23. The molecule has 4 rings (SSSR count). The van der Waals surface area contributed by atoms with Gasteiger partial charge in [0.1, 0.15) is 5.41 Å². The van der Waals surface area contributed by atoms with Gasteiger partial charge in [-0.25, -0.2) is 0 Å². The molecule has 0 aromatic heterocycles. The van der Waals surface area contributed by atoms with E-state index in [2.05, 4.69) is 5.32 Å². The number of rotatable bonds is 2. The van der Waals surface area contributed by atoms with E-state index in [1.54, 1.807) is 0 Å². The summed E-state index contributed by atoms with van der Waals surface area (Å²) in [4.78, 5) is 25.5. The Balaban J connectivity index is 1.67. The van der Waals surface area contributed by atoms with Gasteiger partial charge in [0.15, 0.2) is 5.78 Å². The number of carbonyl (C=O) groups is 2. The van der Waals surface area contributed by atoms with Crippen LogP contribution >= 0.6 is 0 Å². The van der Waals surface area contributed by atoms with Gasteiger partial charge in [-0.05, 0) is 37.1 Å². The van der Waals surface area contributed by atoms with Gasteiger partial charge >= 0.3 is 0 Å². The molecule has 0 radical (unpaired) electrons. The molecule has 4 nitrogen and oxygen atoms in total. The monoisotopic (exact) mass is 309 g/mol. The highest BCUT2D eigenvalue weighted by molar-refractivity contribution is 6.15. The van der Waals surface area contributed by atoms with E-state index in [1.807, 2.05) is 42.5 Å². The number of hydrogen-bond acceptors (Lipinski definition) is 3. The first-order valence-corrected chi connectivity index (χ1v) is 8.13. The molecule has 2 bridgehead atoms. The number of carbonyl (C=O) groups excluding carboxylic acids is 2. The Morgan fingerprint density at radius 3 is 2.70 bits per heavy atom. The summed E-state index contributed by atoms with van der Waals surface area (Å²) in [5, 5.41) is 14.9. The number of fused-ring (bicyclic) bond motifs is 3. The Morgan fingerprint density at radius 2 is 1.83 bits per heavy atom. The zero-order valence-corrected chi connectivity index (χ0v) is 12.8. The van der Waals surface area contributed by atoms with Crippen LogP contribution < -0.4 is 5.32 Å². The number of nitrogens with one attached hydrogen (secondary N) is 1. The molecule has 23 heavy (non-hydrogen) atoms. The lowest BCUT2D eigenvalue weighted by molar-refractivity contribution is -0.144. The molecule has 2 aliphatic carbocycles. The van der Waals surface area contributed by atoms with Gasteiger partial charge in [0.2, 0.25) is 5.91 Å². The van der Waals surface area contributed by atoms with Crippen LogP contribution in [0.3, 0.4) is 0 Å². The van der Waals surface area contributed by atoms with Crippen molar-refractivity contribution in [3.05, 3.63) is 42.5 Å². The first-order valence-electron chi connectivity index (χ1n) is 8.13. The van der Waals surface area contributed by atoms with E-state index < -0.39 is 11.5 Å². The highest BCUT2D eigenvalue weighted by Gasteiger charge is 2.57. The fraction of sp³-hybridized carbons (Fsp3) is 0.368. The minimum Gasteiger partial charge on any atom is -0.392 e. The molecule has 0 spiro atoms. The zero-order chi connectivity index (χ0) is 16.0. The molecule has 2 aromatic rings. The molecule has 0 aliphatic heterocycles. The van der Waals surface area contributed by atoms with E-state index >= 15 is 0 Å². The molecule has 2 aliphatic rings.